The Morgan fingerprint density at radius 2 is 1.37 bits per heavy atom. The van der Waals surface area contributed by atoms with Crippen LogP contribution < -0.4 is 0 Å². The third-order valence-corrected chi connectivity index (χ3v) is 4.45. The molecule has 3 rings (SSSR count). The lowest BCUT2D eigenvalue weighted by molar-refractivity contribution is -0.386. The van der Waals surface area contributed by atoms with E-state index in [1.807, 2.05) is 0 Å². The summed E-state index contributed by atoms with van der Waals surface area (Å²) in [5.41, 5.74) is -5.14. The van der Waals surface area contributed by atoms with E-state index in [0.717, 1.165) is 31.4 Å². The van der Waals surface area contributed by atoms with Gasteiger partial charge in [0.2, 0.25) is 5.60 Å². The molecule has 0 radical (unpaired) electrons. The second-order valence-electron chi connectivity index (χ2n) is 6.26. The predicted molar refractivity (Wildman–Crippen MR) is 90.6 cm³/mol. The molecular formula is C20H14F6O4. The molecule has 0 aromatic heterocycles. The third-order valence-electron chi connectivity index (χ3n) is 4.45. The maximum atomic E-state index is 14.4. The van der Waals surface area contributed by atoms with Gasteiger partial charge < -0.3 is 14.2 Å². The molecule has 2 aromatic rings. The van der Waals surface area contributed by atoms with Crippen LogP contribution in [0.2, 0.25) is 0 Å². The Morgan fingerprint density at radius 1 is 0.867 bits per heavy atom. The maximum Gasteiger partial charge on any atom is 0.460 e. The first kappa shape index (κ1) is 21.7. The SMILES string of the molecule is COC(=O)/C=C1\O[C@@](c2ccccc2)(C(F)(F)F)O[C@]1(c1ccccc1)C(F)(F)F. The summed E-state index contributed by atoms with van der Waals surface area (Å²) in [6, 6.07) is 11.2. The van der Waals surface area contributed by atoms with Crippen LogP contribution in [0.15, 0.2) is 72.5 Å². The smallest absolute Gasteiger partial charge is 0.460 e. The number of hydrogen-bond donors (Lipinski definition) is 0. The molecule has 1 heterocycles. The summed E-state index contributed by atoms with van der Waals surface area (Å²) >= 11 is 0. The van der Waals surface area contributed by atoms with Gasteiger partial charge in [0, 0.05) is 11.1 Å². The Labute approximate surface area is 166 Å². The number of methoxy groups -OCH3 is 1. The van der Waals surface area contributed by atoms with Crippen LogP contribution in [0.4, 0.5) is 26.3 Å². The number of benzene rings is 2. The lowest BCUT2D eigenvalue weighted by Gasteiger charge is -2.34. The molecule has 0 spiro atoms. The molecule has 0 unspecified atom stereocenters. The average molecular weight is 432 g/mol. The summed E-state index contributed by atoms with van der Waals surface area (Å²) in [5, 5.41) is 0. The van der Waals surface area contributed by atoms with Crippen molar-refractivity contribution in [3.05, 3.63) is 83.6 Å². The standard InChI is InChI=1S/C20H14F6O4/c1-28-16(27)12-15-17(19(21,22)23,13-8-4-2-5-9-13)30-18(29-15,20(24,25)26)14-10-6-3-7-11-14/h2-12H,1H3/b15-12-/t17-,18+/m0/s1. The van der Waals surface area contributed by atoms with Gasteiger partial charge in [0.05, 0.1) is 13.2 Å². The van der Waals surface area contributed by atoms with E-state index in [1.54, 1.807) is 0 Å². The first-order valence-electron chi connectivity index (χ1n) is 8.42. The minimum atomic E-state index is -5.44. The third kappa shape index (κ3) is 3.30. The molecule has 0 saturated carbocycles. The van der Waals surface area contributed by atoms with Gasteiger partial charge in [0.1, 0.15) is 0 Å². The minimum Gasteiger partial charge on any atom is -0.466 e. The first-order valence-corrected chi connectivity index (χ1v) is 8.42. The number of carbonyl (C=O) groups is 1. The zero-order valence-corrected chi connectivity index (χ0v) is 15.3. The normalized spacial score (nSPS) is 25.8. The van der Waals surface area contributed by atoms with Crippen LogP contribution in [0.5, 0.6) is 0 Å². The summed E-state index contributed by atoms with van der Waals surface area (Å²) in [4.78, 5) is 11.7. The van der Waals surface area contributed by atoms with Gasteiger partial charge in [0.15, 0.2) is 5.76 Å². The van der Waals surface area contributed by atoms with E-state index in [9.17, 15) is 31.1 Å². The van der Waals surface area contributed by atoms with Gasteiger partial charge in [-0.25, -0.2) is 4.79 Å². The zero-order chi connectivity index (χ0) is 22.2. The topological polar surface area (TPSA) is 44.8 Å². The number of rotatable bonds is 3. The largest absolute Gasteiger partial charge is 0.466 e. The lowest BCUT2D eigenvalue weighted by atomic mass is 9.90. The zero-order valence-electron chi connectivity index (χ0n) is 15.3. The fourth-order valence-electron chi connectivity index (χ4n) is 3.10. The van der Waals surface area contributed by atoms with E-state index in [0.29, 0.717) is 0 Å². The number of halogens is 6. The molecule has 160 valence electrons. The number of hydrogen-bond acceptors (Lipinski definition) is 4. The van der Waals surface area contributed by atoms with Gasteiger partial charge in [-0.1, -0.05) is 60.7 Å². The van der Waals surface area contributed by atoms with Gasteiger partial charge in [0.25, 0.3) is 0 Å². The van der Waals surface area contributed by atoms with Crippen molar-refractivity contribution in [3.63, 3.8) is 0 Å². The van der Waals surface area contributed by atoms with Crippen molar-refractivity contribution in [1.82, 2.24) is 0 Å². The van der Waals surface area contributed by atoms with Gasteiger partial charge >= 0.3 is 24.1 Å². The predicted octanol–water partition coefficient (Wildman–Crippen LogP) is 4.96. The van der Waals surface area contributed by atoms with Crippen LogP contribution in [-0.4, -0.2) is 25.4 Å². The monoisotopic (exact) mass is 432 g/mol. The van der Waals surface area contributed by atoms with E-state index < -0.39 is 46.6 Å². The maximum absolute atomic E-state index is 14.4. The van der Waals surface area contributed by atoms with Crippen LogP contribution in [0.1, 0.15) is 11.1 Å². The molecule has 4 nitrogen and oxygen atoms in total. The van der Waals surface area contributed by atoms with Crippen LogP contribution in [-0.2, 0) is 30.4 Å². The summed E-state index contributed by atoms with van der Waals surface area (Å²) in [6.45, 7) is 0. The van der Waals surface area contributed by atoms with E-state index in [4.69, 9.17) is 9.47 Å². The van der Waals surface area contributed by atoms with E-state index in [1.165, 1.54) is 36.4 Å². The number of carbonyl (C=O) groups excluding carboxylic acids is 1. The fraction of sp³-hybridized carbons (Fsp3) is 0.250. The molecule has 30 heavy (non-hydrogen) atoms. The molecule has 2 aromatic carbocycles. The Morgan fingerprint density at radius 3 is 1.80 bits per heavy atom. The molecule has 1 aliphatic heterocycles. The highest BCUT2D eigenvalue weighted by Crippen LogP contribution is 2.62. The molecule has 1 saturated heterocycles. The summed E-state index contributed by atoms with van der Waals surface area (Å²) in [5.74, 6) is -6.56. The Balaban J connectivity index is 2.37. The second-order valence-corrected chi connectivity index (χ2v) is 6.26. The summed E-state index contributed by atoms with van der Waals surface area (Å²) in [7, 11) is 0.862. The quantitative estimate of drug-likeness (QED) is 0.391. The Kier molecular flexibility index (Phi) is 5.32. The molecule has 1 fully saturated rings. The highest BCUT2D eigenvalue weighted by Gasteiger charge is 2.77. The lowest BCUT2D eigenvalue weighted by Crippen LogP contribution is -2.49. The van der Waals surface area contributed by atoms with Gasteiger partial charge in [-0.05, 0) is 0 Å². The number of alkyl halides is 6. The van der Waals surface area contributed by atoms with Crippen LogP contribution in [0.25, 0.3) is 0 Å². The molecule has 0 N–H and O–H groups in total. The van der Waals surface area contributed by atoms with Crippen molar-refractivity contribution in [2.45, 2.75) is 23.7 Å². The summed E-state index contributed by atoms with van der Waals surface area (Å²) < 4.78 is 99.7. The average Bonchev–Trinajstić information content (AvgIpc) is 3.06. The molecule has 0 amide bonds. The number of ether oxygens (including phenoxy) is 3. The van der Waals surface area contributed by atoms with E-state index >= 15 is 0 Å². The molecule has 0 aliphatic carbocycles. The van der Waals surface area contributed by atoms with Crippen LogP contribution in [0, 0.1) is 0 Å². The van der Waals surface area contributed by atoms with Crippen molar-refractivity contribution in [1.29, 1.82) is 0 Å². The van der Waals surface area contributed by atoms with Gasteiger partial charge in [-0.15, -0.1) is 0 Å². The molecule has 1 aliphatic rings. The van der Waals surface area contributed by atoms with Crippen molar-refractivity contribution >= 4 is 5.97 Å². The van der Waals surface area contributed by atoms with E-state index in [-0.39, 0.29) is 6.08 Å². The molecular weight excluding hydrogens is 418 g/mol. The molecule has 10 heteroatoms. The molecule has 2 atom stereocenters. The van der Waals surface area contributed by atoms with Crippen molar-refractivity contribution in [3.8, 4) is 0 Å². The molecule has 0 bridgehead atoms. The van der Waals surface area contributed by atoms with Gasteiger partial charge in [-0.3, -0.25) is 0 Å². The van der Waals surface area contributed by atoms with Crippen LogP contribution >= 0.6 is 0 Å². The number of esters is 1. The Hall–Kier alpha value is -3.01. The fourth-order valence-corrected chi connectivity index (χ4v) is 3.10. The highest BCUT2D eigenvalue weighted by molar-refractivity contribution is 5.83. The van der Waals surface area contributed by atoms with E-state index in [2.05, 4.69) is 4.74 Å². The highest BCUT2D eigenvalue weighted by atomic mass is 19.4. The first-order chi connectivity index (χ1) is 14.0. The second kappa shape index (κ2) is 7.35. The van der Waals surface area contributed by atoms with Crippen molar-refractivity contribution in [2.24, 2.45) is 0 Å². The van der Waals surface area contributed by atoms with Crippen molar-refractivity contribution in [2.75, 3.05) is 7.11 Å². The Bertz CT molecular complexity index is 939. The van der Waals surface area contributed by atoms with Gasteiger partial charge in [-0.2, -0.15) is 26.3 Å². The summed E-state index contributed by atoms with van der Waals surface area (Å²) in [6.07, 6.45) is -10.7. The minimum absolute atomic E-state index is 0.205. The van der Waals surface area contributed by atoms with Crippen LogP contribution in [0.3, 0.4) is 0 Å². The van der Waals surface area contributed by atoms with Crippen molar-refractivity contribution < 1.29 is 45.3 Å².